The highest BCUT2D eigenvalue weighted by atomic mass is 32.2. The minimum atomic E-state index is -5.04. The number of aliphatic hydroxyl groups is 1. The monoisotopic (exact) mass is 251 g/mol. The zero-order valence-electron chi connectivity index (χ0n) is 7.72. The third-order valence-electron chi connectivity index (χ3n) is 1.78. The molecule has 0 saturated heterocycles. The second kappa shape index (κ2) is 5.76. The summed E-state index contributed by atoms with van der Waals surface area (Å²) in [5, 5.41) is 3.27. The van der Waals surface area contributed by atoms with Gasteiger partial charge in [-0.15, -0.1) is 0 Å². The SMILES string of the molecule is O=S([O-])C(F)(F)C(F)(F)CCCCCO. The van der Waals surface area contributed by atoms with Gasteiger partial charge in [-0.25, -0.2) is 0 Å². The van der Waals surface area contributed by atoms with Gasteiger partial charge in [0.2, 0.25) is 0 Å². The normalized spacial score (nSPS) is 15.3. The lowest BCUT2D eigenvalue weighted by molar-refractivity contribution is -0.162. The van der Waals surface area contributed by atoms with Gasteiger partial charge in [-0.05, 0) is 12.8 Å². The quantitative estimate of drug-likeness (QED) is 0.425. The molecule has 0 rings (SSSR count). The molecule has 0 aliphatic heterocycles. The molecule has 8 heteroatoms. The van der Waals surface area contributed by atoms with Crippen LogP contribution < -0.4 is 0 Å². The Balaban J connectivity index is 4.22. The van der Waals surface area contributed by atoms with Crippen molar-refractivity contribution in [3.63, 3.8) is 0 Å². The molecule has 1 unspecified atom stereocenters. The lowest BCUT2D eigenvalue weighted by atomic mass is 10.1. The molecule has 0 fully saturated rings. The van der Waals surface area contributed by atoms with Crippen LogP contribution in [0.15, 0.2) is 0 Å². The maximum absolute atomic E-state index is 12.7. The Morgan fingerprint density at radius 2 is 1.67 bits per heavy atom. The highest BCUT2D eigenvalue weighted by Gasteiger charge is 2.56. The Kier molecular flexibility index (Phi) is 5.68. The zero-order valence-corrected chi connectivity index (χ0v) is 8.54. The van der Waals surface area contributed by atoms with Gasteiger partial charge in [0, 0.05) is 24.1 Å². The van der Waals surface area contributed by atoms with Gasteiger partial charge in [0.25, 0.3) is 0 Å². The van der Waals surface area contributed by atoms with E-state index in [1.807, 2.05) is 0 Å². The van der Waals surface area contributed by atoms with Gasteiger partial charge in [-0.3, -0.25) is 4.21 Å². The first-order valence-electron chi connectivity index (χ1n) is 4.21. The summed E-state index contributed by atoms with van der Waals surface area (Å²) < 4.78 is 70.0. The molecule has 0 aromatic carbocycles. The van der Waals surface area contributed by atoms with Crippen molar-refractivity contribution in [2.75, 3.05) is 6.61 Å². The maximum Gasteiger partial charge on any atom is 0.371 e. The summed E-state index contributed by atoms with van der Waals surface area (Å²) in [6.07, 6.45) is -1.11. The molecule has 0 saturated carbocycles. The molecule has 0 aromatic rings. The van der Waals surface area contributed by atoms with Gasteiger partial charge in [0.15, 0.2) is 0 Å². The van der Waals surface area contributed by atoms with Crippen molar-refractivity contribution in [2.24, 2.45) is 0 Å². The van der Waals surface area contributed by atoms with Gasteiger partial charge in [0.05, 0.1) is 0 Å². The molecule has 0 heterocycles. The molecule has 0 aliphatic rings. The van der Waals surface area contributed by atoms with Crippen molar-refractivity contribution in [2.45, 2.75) is 36.9 Å². The molecule has 0 spiro atoms. The largest absolute Gasteiger partial charge is 0.768 e. The Morgan fingerprint density at radius 3 is 2.07 bits per heavy atom. The molecule has 0 aliphatic carbocycles. The van der Waals surface area contributed by atoms with Crippen LogP contribution in [-0.2, 0) is 11.1 Å². The van der Waals surface area contributed by atoms with Crippen molar-refractivity contribution in [1.82, 2.24) is 0 Å². The van der Waals surface area contributed by atoms with E-state index in [9.17, 15) is 26.3 Å². The van der Waals surface area contributed by atoms with Gasteiger partial charge < -0.3 is 9.66 Å². The Bertz CT molecular complexity index is 222. The van der Waals surface area contributed by atoms with Crippen LogP contribution in [-0.4, -0.2) is 31.7 Å². The highest BCUT2D eigenvalue weighted by Crippen LogP contribution is 2.40. The Hall–Kier alpha value is -0.210. The van der Waals surface area contributed by atoms with Crippen LogP contribution in [0.2, 0.25) is 0 Å². The van der Waals surface area contributed by atoms with Crippen molar-refractivity contribution >= 4 is 11.1 Å². The van der Waals surface area contributed by atoms with Crippen LogP contribution in [0, 0.1) is 0 Å². The molecule has 0 amide bonds. The fourth-order valence-corrected chi connectivity index (χ4v) is 1.25. The number of hydrogen-bond acceptors (Lipinski definition) is 3. The van der Waals surface area contributed by atoms with Crippen LogP contribution >= 0.6 is 0 Å². The molecular formula is C7H11F4O3S-. The summed E-state index contributed by atoms with van der Waals surface area (Å²) in [6, 6.07) is 0. The summed E-state index contributed by atoms with van der Waals surface area (Å²) in [5.74, 6) is -4.56. The first-order valence-corrected chi connectivity index (χ1v) is 5.29. The predicted molar refractivity (Wildman–Crippen MR) is 44.4 cm³/mol. The molecule has 15 heavy (non-hydrogen) atoms. The summed E-state index contributed by atoms with van der Waals surface area (Å²) in [4.78, 5) is 0. The number of hydrogen-bond donors (Lipinski definition) is 1. The third-order valence-corrected chi connectivity index (χ3v) is 2.50. The van der Waals surface area contributed by atoms with Crippen molar-refractivity contribution < 1.29 is 31.4 Å². The number of rotatable bonds is 7. The smallest absolute Gasteiger partial charge is 0.371 e. The van der Waals surface area contributed by atoms with Gasteiger partial charge in [0.1, 0.15) is 0 Å². The molecule has 1 atom stereocenters. The van der Waals surface area contributed by atoms with Crippen LogP contribution in [0.25, 0.3) is 0 Å². The first-order chi connectivity index (χ1) is 6.75. The molecule has 1 N–H and O–H groups in total. The molecular weight excluding hydrogens is 240 g/mol. The Morgan fingerprint density at radius 1 is 1.13 bits per heavy atom. The van der Waals surface area contributed by atoms with E-state index in [4.69, 9.17) is 5.11 Å². The fourth-order valence-electron chi connectivity index (χ4n) is 0.903. The van der Waals surface area contributed by atoms with Crippen LogP contribution in [0.5, 0.6) is 0 Å². The Labute approximate surface area is 86.8 Å². The van der Waals surface area contributed by atoms with Gasteiger partial charge in [-0.1, -0.05) is 6.42 Å². The van der Waals surface area contributed by atoms with E-state index < -0.39 is 28.7 Å². The average molecular weight is 251 g/mol. The molecule has 0 radical (unpaired) electrons. The lowest BCUT2D eigenvalue weighted by Crippen LogP contribution is -2.43. The van der Waals surface area contributed by atoms with E-state index in [2.05, 4.69) is 0 Å². The summed E-state index contributed by atoms with van der Waals surface area (Å²) in [7, 11) is 0. The summed E-state index contributed by atoms with van der Waals surface area (Å²) in [6.45, 7) is -0.213. The minimum Gasteiger partial charge on any atom is -0.768 e. The second-order valence-corrected chi connectivity index (χ2v) is 3.97. The fraction of sp³-hybridized carbons (Fsp3) is 1.00. The second-order valence-electron chi connectivity index (χ2n) is 2.99. The molecule has 0 aromatic heterocycles. The lowest BCUT2D eigenvalue weighted by Gasteiger charge is -2.27. The number of halogens is 4. The maximum atomic E-state index is 12.7. The summed E-state index contributed by atoms with van der Waals surface area (Å²) >= 11 is -4.14. The molecule has 92 valence electrons. The average Bonchev–Trinajstić information content (AvgIpc) is 2.12. The minimum absolute atomic E-state index is 0.146. The highest BCUT2D eigenvalue weighted by molar-refractivity contribution is 7.80. The van der Waals surface area contributed by atoms with Gasteiger partial charge >= 0.3 is 11.2 Å². The predicted octanol–water partition coefficient (Wildman–Crippen LogP) is 1.65. The topological polar surface area (TPSA) is 60.4 Å². The van der Waals surface area contributed by atoms with Crippen molar-refractivity contribution in [3.05, 3.63) is 0 Å². The zero-order chi connectivity index (χ0) is 12.1. The first kappa shape index (κ1) is 14.8. The summed E-state index contributed by atoms with van der Waals surface area (Å²) in [5.41, 5.74) is 0. The van der Waals surface area contributed by atoms with Gasteiger partial charge in [-0.2, -0.15) is 17.6 Å². The van der Waals surface area contributed by atoms with E-state index in [1.165, 1.54) is 0 Å². The third kappa shape index (κ3) is 4.04. The van der Waals surface area contributed by atoms with E-state index in [1.54, 1.807) is 0 Å². The van der Waals surface area contributed by atoms with Crippen LogP contribution in [0.4, 0.5) is 17.6 Å². The number of alkyl halides is 4. The van der Waals surface area contributed by atoms with Crippen molar-refractivity contribution in [1.29, 1.82) is 0 Å². The van der Waals surface area contributed by atoms with Crippen LogP contribution in [0.1, 0.15) is 25.7 Å². The number of unbranched alkanes of at least 4 members (excludes halogenated alkanes) is 2. The van der Waals surface area contributed by atoms with E-state index in [0.29, 0.717) is 0 Å². The van der Waals surface area contributed by atoms with E-state index >= 15 is 0 Å². The molecule has 0 bridgehead atoms. The van der Waals surface area contributed by atoms with Crippen LogP contribution in [0.3, 0.4) is 0 Å². The van der Waals surface area contributed by atoms with E-state index in [0.717, 1.165) is 0 Å². The van der Waals surface area contributed by atoms with Crippen molar-refractivity contribution in [3.8, 4) is 0 Å². The molecule has 3 nitrogen and oxygen atoms in total. The van der Waals surface area contributed by atoms with E-state index in [-0.39, 0.29) is 25.9 Å². The standard InChI is InChI=1S/C7H12F4O3S/c8-6(9,4-2-1-3-5-12)7(10,11)15(13)14/h12H,1-5H2,(H,13,14)/p-1. The number of aliphatic hydroxyl groups excluding tert-OH is 1.